The van der Waals surface area contributed by atoms with Crippen molar-refractivity contribution in [1.82, 2.24) is 4.90 Å². The Morgan fingerprint density at radius 2 is 2.00 bits per heavy atom. The largest absolute Gasteiger partial charge is 0.480 e. The predicted molar refractivity (Wildman–Crippen MR) is 47.4 cm³/mol. The summed E-state index contributed by atoms with van der Waals surface area (Å²) in [6.07, 6.45) is -0.388. The maximum Gasteiger partial charge on any atom is 0.408 e. The minimum Gasteiger partial charge on any atom is -0.480 e. The molecule has 82 valence electrons. The van der Waals surface area contributed by atoms with Crippen molar-refractivity contribution in [2.75, 3.05) is 6.54 Å². The van der Waals surface area contributed by atoms with Gasteiger partial charge in [0, 0.05) is 24.8 Å². The fourth-order valence-electron chi connectivity index (χ4n) is 2.62. The number of hydrogen-bond acceptors (Lipinski definition) is 3. The molecule has 1 saturated heterocycles. The van der Waals surface area contributed by atoms with Gasteiger partial charge in [0.2, 0.25) is 0 Å². The van der Waals surface area contributed by atoms with Crippen molar-refractivity contribution in [2.45, 2.75) is 18.9 Å². The number of carbonyl (C=O) groups is 3. The number of carboxylic acid groups (broad SMARTS) is 2. The lowest BCUT2D eigenvalue weighted by molar-refractivity contribution is -0.142. The van der Waals surface area contributed by atoms with E-state index in [0.717, 1.165) is 4.90 Å². The van der Waals surface area contributed by atoms with Crippen molar-refractivity contribution in [2.24, 2.45) is 11.8 Å². The molecule has 1 aliphatic heterocycles. The number of hydrogen-bond donors (Lipinski definition) is 2. The average Bonchev–Trinajstić information content (AvgIpc) is 2.65. The van der Waals surface area contributed by atoms with E-state index < -0.39 is 24.0 Å². The molecule has 2 fully saturated rings. The van der Waals surface area contributed by atoms with Gasteiger partial charge in [-0.1, -0.05) is 0 Å². The Morgan fingerprint density at radius 1 is 1.33 bits per heavy atom. The first-order valence-corrected chi connectivity index (χ1v) is 4.77. The van der Waals surface area contributed by atoms with Crippen LogP contribution in [0.1, 0.15) is 12.8 Å². The lowest BCUT2D eigenvalue weighted by atomic mass is 9.94. The van der Waals surface area contributed by atoms with E-state index in [0.29, 0.717) is 12.8 Å². The second-order valence-corrected chi connectivity index (χ2v) is 3.99. The van der Waals surface area contributed by atoms with Gasteiger partial charge < -0.3 is 10.2 Å². The molecule has 0 aromatic carbocycles. The van der Waals surface area contributed by atoms with Crippen molar-refractivity contribution in [3.63, 3.8) is 0 Å². The zero-order chi connectivity index (χ0) is 11.2. The summed E-state index contributed by atoms with van der Waals surface area (Å²) in [6, 6.07) is -1.04. The molecular formula is C9H11NO5. The van der Waals surface area contributed by atoms with Crippen molar-refractivity contribution in [3.05, 3.63) is 0 Å². The number of ketones is 1. The van der Waals surface area contributed by atoms with E-state index in [1.54, 1.807) is 0 Å². The van der Waals surface area contributed by atoms with E-state index in [-0.39, 0.29) is 18.2 Å². The number of carboxylic acids is 1. The van der Waals surface area contributed by atoms with Crippen LogP contribution in [0.4, 0.5) is 4.79 Å². The van der Waals surface area contributed by atoms with Crippen LogP contribution in [0.5, 0.6) is 0 Å². The molecule has 0 aromatic heterocycles. The molecule has 0 bridgehead atoms. The first-order chi connectivity index (χ1) is 7.02. The molecule has 1 amide bonds. The number of fused-ring (bicyclic) bond motifs is 1. The summed E-state index contributed by atoms with van der Waals surface area (Å²) in [6.45, 7) is 0.0375. The standard InChI is InChI=1S/C9H11NO5/c11-6-2-1-4-5(6)3-10(9(14)15)7(4)8(12)13/h4-5,7H,1-3H2,(H,12,13)(H,14,15). The molecule has 2 rings (SSSR count). The molecule has 6 heteroatoms. The second-order valence-electron chi connectivity index (χ2n) is 3.99. The van der Waals surface area contributed by atoms with Crippen LogP contribution in [0.25, 0.3) is 0 Å². The Morgan fingerprint density at radius 3 is 2.53 bits per heavy atom. The zero-order valence-corrected chi connectivity index (χ0v) is 7.92. The molecule has 6 nitrogen and oxygen atoms in total. The number of rotatable bonds is 1. The van der Waals surface area contributed by atoms with Crippen LogP contribution in [0.15, 0.2) is 0 Å². The van der Waals surface area contributed by atoms with Gasteiger partial charge in [-0.25, -0.2) is 9.59 Å². The third-order valence-corrected chi connectivity index (χ3v) is 3.29. The highest BCUT2D eigenvalue weighted by Gasteiger charge is 2.53. The summed E-state index contributed by atoms with van der Waals surface area (Å²) in [4.78, 5) is 34.0. The molecule has 15 heavy (non-hydrogen) atoms. The quantitative estimate of drug-likeness (QED) is 0.640. The summed E-state index contributed by atoms with van der Waals surface area (Å²) in [5, 5.41) is 17.8. The summed E-state index contributed by atoms with van der Waals surface area (Å²) < 4.78 is 0. The maximum absolute atomic E-state index is 11.4. The van der Waals surface area contributed by atoms with Gasteiger partial charge in [-0.05, 0) is 6.42 Å². The molecule has 1 aliphatic carbocycles. The van der Waals surface area contributed by atoms with E-state index in [4.69, 9.17) is 10.2 Å². The minimum absolute atomic E-state index is 0.00463. The monoisotopic (exact) mass is 213 g/mol. The van der Waals surface area contributed by atoms with Gasteiger partial charge in [0.05, 0.1) is 0 Å². The lowest BCUT2D eigenvalue weighted by Gasteiger charge is -2.20. The third kappa shape index (κ3) is 1.36. The molecular weight excluding hydrogens is 202 g/mol. The first kappa shape index (κ1) is 9.95. The van der Waals surface area contributed by atoms with Gasteiger partial charge in [0.1, 0.15) is 11.8 Å². The highest BCUT2D eigenvalue weighted by Crippen LogP contribution is 2.40. The molecule has 1 saturated carbocycles. The predicted octanol–water partition coefficient (Wildman–Crippen LogP) is 0.0285. The van der Waals surface area contributed by atoms with Crippen molar-refractivity contribution in [3.8, 4) is 0 Å². The molecule has 2 aliphatic rings. The number of amides is 1. The van der Waals surface area contributed by atoms with Crippen LogP contribution in [0, 0.1) is 11.8 Å². The van der Waals surface area contributed by atoms with Crippen molar-refractivity contribution in [1.29, 1.82) is 0 Å². The highest BCUT2D eigenvalue weighted by molar-refractivity contribution is 5.89. The summed E-state index contributed by atoms with van der Waals surface area (Å²) in [7, 11) is 0. The highest BCUT2D eigenvalue weighted by atomic mass is 16.4. The van der Waals surface area contributed by atoms with Crippen LogP contribution < -0.4 is 0 Å². The Labute approximate surface area is 85.5 Å². The SMILES string of the molecule is O=C1CCC2C1CN(C(=O)O)C2C(=O)O. The van der Waals surface area contributed by atoms with E-state index in [9.17, 15) is 14.4 Å². The molecule has 0 spiro atoms. The van der Waals surface area contributed by atoms with Crippen molar-refractivity contribution >= 4 is 17.8 Å². The Kier molecular flexibility index (Phi) is 2.13. The summed E-state index contributed by atoms with van der Waals surface area (Å²) in [5.74, 6) is -1.89. The van der Waals surface area contributed by atoms with Crippen molar-refractivity contribution < 1.29 is 24.6 Å². The minimum atomic E-state index is -1.26. The fraction of sp³-hybridized carbons (Fsp3) is 0.667. The van der Waals surface area contributed by atoms with Crippen LogP contribution >= 0.6 is 0 Å². The molecule has 2 N–H and O–H groups in total. The Hall–Kier alpha value is -1.59. The van der Waals surface area contributed by atoms with Crippen LogP contribution in [0.3, 0.4) is 0 Å². The molecule has 3 atom stereocenters. The maximum atomic E-state index is 11.4. The van der Waals surface area contributed by atoms with E-state index in [1.807, 2.05) is 0 Å². The van der Waals surface area contributed by atoms with Gasteiger partial charge >= 0.3 is 12.1 Å². The van der Waals surface area contributed by atoms with Crippen LogP contribution in [0.2, 0.25) is 0 Å². The van der Waals surface area contributed by atoms with Crippen LogP contribution in [-0.2, 0) is 9.59 Å². The van der Waals surface area contributed by atoms with Gasteiger partial charge in [-0.15, -0.1) is 0 Å². The van der Waals surface area contributed by atoms with Gasteiger partial charge in [-0.3, -0.25) is 9.69 Å². The molecule has 3 unspecified atom stereocenters. The van der Waals surface area contributed by atoms with Crippen LogP contribution in [-0.4, -0.2) is 45.5 Å². The third-order valence-electron chi connectivity index (χ3n) is 3.29. The normalized spacial score (nSPS) is 34.3. The van der Waals surface area contributed by atoms with Gasteiger partial charge in [0.15, 0.2) is 0 Å². The van der Waals surface area contributed by atoms with Gasteiger partial charge in [-0.2, -0.15) is 0 Å². The van der Waals surface area contributed by atoms with E-state index in [2.05, 4.69) is 0 Å². The average molecular weight is 213 g/mol. The topological polar surface area (TPSA) is 94.9 Å². The summed E-state index contributed by atoms with van der Waals surface area (Å²) >= 11 is 0. The first-order valence-electron chi connectivity index (χ1n) is 4.77. The zero-order valence-electron chi connectivity index (χ0n) is 7.92. The second kappa shape index (κ2) is 3.22. The number of nitrogens with zero attached hydrogens (tertiary/aromatic N) is 1. The number of aliphatic carboxylic acids is 1. The number of Topliss-reactive ketones (excluding diaryl/α,β-unsaturated/α-hetero) is 1. The Bertz CT molecular complexity index is 339. The van der Waals surface area contributed by atoms with Gasteiger partial charge in [0.25, 0.3) is 0 Å². The number of likely N-dealkylation sites (tertiary alicyclic amines) is 1. The molecule has 0 radical (unpaired) electrons. The molecule has 1 heterocycles. The molecule has 0 aromatic rings. The van der Waals surface area contributed by atoms with E-state index in [1.165, 1.54) is 0 Å². The number of carbonyl (C=O) groups excluding carboxylic acids is 1. The fourth-order valence-corrected chi connectivity index (χ4v) is 2.62. The smallest absolute Gasteiger partial charge is 0.408 e. The van der Waals surface area contributed by atoms with E-state index >= 15 is 0 Å². The summed E-state index contributed by atoms with van der Waals surface area (Å²) in [5.41, 5.74) is 0. The Balaban J connectivity index is 2.28. The lowest BCUT2D eigenvalue weighted by Crippen LogP contribution is -2.42.